The van der Waals surface area contributed by atoms with Crippen LogP contribution in [0, 0.1) is 16.0 Å². The molecule has 1 fully saturated rings. The normalized spacial score (nSPS) is 14.7. The maximum absolute atomic E-state index is 12.7. The minimum atomic E-state index is -0.462. The van der Waals surface area contributed by atoms with E-state index in [1.165, 1.54) is 18.2 Å². The summed E-state index contributed by atoms with van der Waals surface area (Å²) in [6, 6.07) is 13.1. The predicted molar refractivity (Wildman–Crippen MR) is 109 cm³/mol. The van der Waals surface area contributed by atoms with Crippen LogP contribution in [0.5, 0.6) is 5.75 Å². The Balaban J connectivity index is 1.53. The first-order chi connectivity index (χ1) is 14.0. The van der Waals surface area contributed by atoms with Gasteiger partial charge >= 0.3 is 0 Å². The summed E-state index contributed by atoms with van der Waals surface area (Å²) >= 11 is 0. The molecule has 0 radical (unpaired) electrons. The maximum atomic E-state index is 12.7. The number of nitro groups is 1. The van der Waals surface area contributed by atoms with Crippen molar-refractivity contribution in [1.29, 1.82) is 0 Å². The van der Waals surface area contributed by atoms with E-state index in [0.29, 0.717) is 42.8 Å². The van der Waals surface area contributed by atoms with E-state index >= 15 is 0 Å². The quantitative estimate of drug-likeness (QED) is 0.322. The van der Waals surface area contributed by atoms with Crippen LogP contribution in [0.1, 0.15) is 28.8 Å². The van der Waals surface area contributed by atoms with E-state index in [2.05, 4.69) is 0 Å². The van der Waals surface area contributed by atoms with E-state index in [4.69, 9.17) is 4.74 Å². The molecule has 0 atom stereocenters. The fourth-order valence-corrected chi connectivity index (χ4v) is 3.33. The number of carbonyl (C=O) groups excluding carboxylic acids is 2. The summed E-state index contributed by atoms with van der Waals surface area (Å²) in [4.78, 5) is 37.0. The molecule has 3 rings (SSSR count). The second kappa shape index (κ2) is 9.14. The van der Waals surface area contributed by atoms with Crippen LogP contribution in [0.4, 0.5) is 5.69 Å². The molecule has 1 aliphatic rings. The molecule has 1 aliphatic heterocycles. The Morgan fingerprint density at radius 1 is 1.07 bits per heavy atom. The molecular weight excluding hydrogens is 372 g/mol. The van der Waals surface area contributed by atoms with Gasteiger partial charge in [0.15, 0.2) is 5.78 Å². The Kier molecular flexibility index (Phi) is 6.39. The summed E-state index contributed by atoms with van der Waals surface area (Å²) in [7, 11) is 1.58. The lowest BCUT2D eigenvalue weighted by atomic mass is 9.89. The molecule has 1 heterocycles. The minimum Gasteiger partial charge on any atom is -0.497 e. The largest absolute Gasteiger partial charge is 0.497 e. The summed E-state index contributed by atoms with van der Waals surface area (Å²) in [5, 5.41) is 10.7. The maximum Gasteiger partial charge on any atom is 0.269 e. The van der Waals surface area contributed by atoms with Gasteiger partial charge in [0.2, 0.25) is 5.91 Å². The van der Waals surface area contributed by atoms with Crippen LogP contribution in [0.25, 0.3) is 6.08 Å². The number of benzene rings is 2. The van der Waals surface area contributed by atoms with Crippen LogP contribution >= 0.6 is 0 Å². The van der Waals surface area contributed by atoms with E-state index < -0.39 is 4.92 Å². The number of ketones is 1. The fourth-order valence-electron chi connectivity index (χ4n) is 3.33. The molecule has 0 saturated carbocycles. The molecule has 0 bridgehead atoms. The standard InChI is InChI=1S/C22H22N2O5/c1-29-20-9-5-17(6-10-20)22(26)18-12-14-23(15-13-18)21(25)11-4-16-2-7-19(8-3-16)24(27)28/h2-11,18H,12-15H2,1H3. The van der Waals surface area contributed by atoms with Crippen LogP contribution in [0.3, 0.4) is 0 Å². The lowest BCUT2D eigenvalue weighted by Crippen LogP contribution is -2.39. The third-order valence-corrected chi connectivity index (χ3v) is 5.07. The van der Waals surface area contributed by atoms with Crippen molar-refractivity contribution in [2.75, 3.05) is 20.2 Å². The Bertz CT molecular complexity index is 911. The van der Waals surface area contributed by atoms with Crippen molar-refractivity contribution >= 4 is 23.5 Å². The zero-order chi connectivity index (χ0) is 20.8. The Labute approximate surface area is 168 Å². The Morgan fingerprint density at radius 3 is 2.24 bits per heavy atom. The van der Waals surface area contributed by atoms with Gasteiger partial charge < -0.3 is 9.64 Å². The molecule has 0 spiro atoms. The Morgan fingerprint density at radius 2 is 1.69 bits per heavy atom. The third kappa shape index (κ3) is 5.07. The number of methoxy groups -OCH3 is 1. The lowest BCUT2D eigenvalue weighted by molar-refractivity contribution is -0.384. The zero-order valence-electron chi connectivity index (χ0n) is 16.1. The van der Waals surface area contributed by atoms with E-state index in [0.717, 1.165) is 0 Å². The molecule has 0 aromatic heterocycles. The summed E-state index contributed by atoms with van der Waals surface area (Å²) in [5.74, 6) is 0.591. The molecule has 29 heavy (non-hydrogen) atoms. The van der Waals surface area contributed by atoms with Crippen LogP contribution in [-0.2, 0) is 4.79 Å². The van der Waals surface area contributed by atoms with E-state index in [9.17, 15) is 19.7 Å². The summed E-state index contributed by atoms with van der Waals surface area (Å²) in [5.41, 5.74) is 1.39. The van der Waals surface area contributed by atoms with Gasteiger partial charge in [-0.15, -0.1) is 0 Å². The summed E-state index contributed by atoms with van der Waals surface area (Å²) in [6.07, 6.45) is 4.36. The number of piperidine rings is 1. The first-order valence-electron chi connectivity index (χ1n) is 9.37. The number of carbonyl (C=O) groups is 2. The molecule has 2 aromatic rings. The molecule has 1 saturated heterocycles. The number of Topliss-reactive ketones (excluding diaryl/α,β-unsaturated/α-hetero) is 1. The minimum absolute atomic E-state index is 0.0112. The highest BCUT2D eigenvalue weighted by atomic mass is 16.6. The van der Waals surface area contributed by atoms with Gasteiger partial charge in [0.25, 0.3) is 5.69 Å². The van der Waals surface area contributed by atoms with Crippen molar-refractivity contribution in [3.8, 4) is 5.75 Å². The number of rotatable bonds is 6. The smallest absolute Gasteiger partial charge is 0.269 e. The highest BCUT2D eigenvalue weighted by molar-refractivity contribution is 5.98. The lowest BCUT2D eigenvalue weighted by Gasteiger charge is -2.30. The van der Waals surface area contributed by atoms with Crippen molar-refractivity contribution in [2.24, 2.45) is 5.92 Å². The number of amides is 1. The van der Waals surface area contributed by atoms with Crippen molar-refractivity contribution in [1.82, 2.24) is 4.90 Å². The average Bonchev–Trinajstić information content (AvgIpc) is 2.77. The SMILES string of the molecule is COc1ccc(C(=O)C2CCN(C(=O)C=Cc3ccc([N+](=O)[O-])cc3)CC2)cc1. The molecule has 0 N–H and O–H groups in total. The number of non-ortho nitro benzene ring substituents is 1. The monoisotopic (exact) mass is 394 g/mol. The first-order valence-corrected chi connectivity index (χ1v) is 9.37. The third-order valence-electron chi connectivity index (χ3n) is 5.07. The van der Waals surface area contributed by atoms with Gasteiger partial charge in [0.05, 0.1) is 12.0 Å². The van der Waals surface area contributed by atoms with Crippen molar-refractivity contribution in [3.63, 3.8) is 0 Å². The Hall–Kier alpha value is -3.48. The van der Waals surface area contributed by atoms with Gasteiger partial charge in [-0.3, -0.25) is 19.7 Å². The number of likely N-dealkylation sites (tertiary alicyclic amines) is 1. The molecule has 7 nitrogen and oxygen atoms in total. The number of ether oxygens (including phenoxy) is 1. The van der Waals surface area contributed by atoms with Crippen molar-refractivity contribution in [2.45, 2.75) is 12.8 Å². The number of nitro benzene ring substituents is 1. The van der Waals surface area contributed by atoms with E-state index in [-0.39, 0.29) is 23.3 Å². The molecule has 0 unspecified atom stereocenters. The molecule has 2 aromatic carbocycles. The average molecular weight is 394 g/mol. The van der Waals surface area contributed by atoms with Crippen LogP contribution in [0.15, 0.2) is 54.6 Å². The predicted octanol–water partition coefficient (Wildman–Crippen LogP) is 3.74. The van der Waals surface area contributed by atoms with Gasteiger partial charge in [-0.05, 0) is 60.9 Å². The second-order valence-electron chi connectivity index (χ2n) is 6.87. The zero-order valence-corrected chi connectivity index (χ0v) is 16.1. The van der Waals surface area contributed by atoms with E-state index in [1.54, 1.807) is 54.5 Å². The van der Waals surface area contributed by atoms with Crippen molar-refractivity contribution in [3.05, 3.63) is 75.8 Å². The molecule has 0 aliphatic carbocycles. The number of hydrogen-bond donors (Lipinski definition) is 0. The van der Waals surface area contributed by atoms with Gasteiger partial charge in [-0.2, -0.15) is 0 Å². The van der Waals surface area contributed by atoms with Crippen LogP contribution < -0.4 is 4.74 Å². The van der Waals surface area contributed by atoms with Crippen molar-refractivity contribution < 1.29 is 19.2 Å². The molecular formula is C22H22N2O5. The van der Waals surface area contributed by atoms with Gasteiger partial charge in [0, 0.05) is 42.8 Å². The molecule has 150 valence electrons. The van der Waals surface area contributed by atoms with Crippen LogP contribution in [-0.4, -0.2) is 41.7 Å². The highest BCUT2D eigenvalue weighted by Crippen LogP contribution is 2.23. The fraction of sp³-hybridized carbons (Fsp3) is 0.273. The summed E-state index contributed by atoms with van der Waals surface area (Å²) in [6.45, 7) is 1.05. The molecule has 7 heteroatoms. The highest BCUT2D eigenvalue weighted by Gasteiger charge is 2.27. The first kappa shape index (κ1) is 20.3. The summed E-state index contributed by atoms with van der Waals surface area (Å²) < 4.78 is 5.11. The van der Waals surface area contributed by atoms with Gasteiger partial charge in [-0.25, -0.2) is 0 Å². The topological polar surface area (TPSA) is 89.8 Å². The number of nitrogens with zero attached hydrogens (tertiary/aromatic N) is 2. The van der Waals surface area contributed by atoms with E-state index in [1.807, 2.05) is 0 Å². The van der Waals surface area contributed by atoms with Crippen LogP contribution in [0.2, 0.25) is 0 Å². The van der Waals surface area contributed by atoms with Gasteiger partial charge in [-0.1, -0.05) is 0 Å². The number of hydrogen-bond acceptors (Lipinski definition) is 5. The second-order valence-corrected chi connectivity index (χ2v) is 6.87. The van der Waals surface area contributed by atoms with Gasteiger partial charge in [0.1, 0.15) is 5.75 Å². The molecule has 1 amide bonds.